The third-order valence-electron chi connectivity index (χ3n) is 6.42. The summed E-state index contributed by atoms with van der Waals surface area (Å²) in [5, 5.41) is 8.80. The molecule has 1 aromatic heterocycles. The van der Waals surface area contributed by atoms with E-state index < -0.39 is 0 Å². The van der Waals surface area contributed by atoms with Crippen molar-refractivity contribution in [1.29, 1.82) is 0 Å². The first-order valence-corrected chi connectivity index (χ1v) is 14.4. The van der Waals surface area contributed by atoms with Crippen molar-refractivity contribution in [3.8, 4) is 0 Å². The van der Waals surface area contributed by atoms with Gasteiger partial charge in [0.25, 0.3) is 5.91 Å². The van der Waals surface area contributed by atoms with E-state index in [2.05, 4.69) is 27.4 Å². The number of nitrogens with one attached hydrogen (secondary N) is 1. The minimum absolute atomic E-state index is 0.0183. The molecule has 3 rings (SSSR count). The Balaban J connectivity index is 1.24. The van der Waals surface area contributed by atoms with E-state index in [0.717, 1.165) is 55.5 Å². The predicted octanol–water partition coefficient (Wildman–Crippen LogP) is 5.94. The monoisotopic (exact) mass is 499 g/mol. The maximum atomic E-state index is 12.4. The van der Waals surface area contributed by atoms with Crippen molar-refractivity contribution < 1.29 is 9.53 Å². The molecule has 1 fully saturated rings. The fraction of sp³-hybridized carbons (Fsp3) is 0.643. The van der Waals surface area contributed by atoms with E-state index in [9.17, 15) is 4.79 Å². The molecule has 1 aliphatic heterocycles. The molecule has 6 nitrogen and oxygen atoms in total. The van der Waals surface area contributed by atoms with E-state index in [4.69, 9.17) is 4.74 Å². The molecule has 2 heterocycles. The van der Waals surface area contributed by atoms with Crippen LogP contribution in [0.2, 0.25) is 0 Å². The lowest BCUT2D eigenvalue weighted by atomic mass is 10.1. The third kappa shape index (κ3) is 10.7. The Kier molecular flexibility index (Phi) is 13.2. The average Bonchev–Trinajstić information content (AvgIpc) is 3.37. The van der Waals surface area contributed by atoms with Gasteiger partial charge in [-0.3, -0.25) is 4.79 Å². The molecule has 35 heavy (non-hydrogen) atoms. The lowest BCUT2D eigenvalue weighted by Gasteiger charge is -2.25. The minimum atomic E-state index is 0.0183. The van der Waals surface area contributed by atoms with Crippen molar-refractivity contribution in [3.05, 3.63) is 46.5 Å². The molecule has 2 aromatic rings. The van der Waals surface area contributed by atoms with Gasteiger partial charge in [0.1, 0.15) is 0 Å². The summed E-state index contributed by atoms with van der Waals surface area (Å²) in [5.41, 5.74) is 1.84. The molecule has 0 unspecified atom stereocenters. The van der Waals surface area contributed by atoms with Crippen LogP contribution in [0.5, 0.6) is 0 Å². The van der Waals surface area contributed by atoms with E-state index in [0.29, 0.717) is 13.1 Å². The van der Waals surface area contributed by atoms with Gasteiger partial charge < -0.3 is 15.0 Å². The van der Waals surface area contributed by atoms with Crippen LogP contribution in [0.25, 0.3) is 0 Å². The van der Waals surface area contributed by atoms with Gasteiger partial charge in [0.05, 0.1) is 13.2 Å². The zero-order valence-corrected chi connectivity index (χ0v) is 22.3. The maximum absolute atomic E-state index is 12.4. The molecule has 1 N–H and O–H groups in total. The molecule has 1 amide bonds. The molecule has 0 bridgehead atoms. The van der Waals surface area contributed by atoms with Crippen LogP contribution >= 0.6 is 11.3 Å². The van der Waals surface area contributed by atoms with Gasteiger partial charge in [0, 0.05) is 49.4 Å². The standard InChI is InChI=1S/C28H43N4O2S/c1-2-3-4-5-6-7-8-9-10-11-16-30-27(33)25-14-12-24(13-15-25)21-29-22-26-23-31-28(35-26)32-17-19-34-20-18-32/h12-15,23H,2-11,16-22H2,1H3,(H,30,33). The van der Waals surface area contributed by atoms with Crippen LogP contribution in [0.15, 0.2) is 30.5 Å². The quantitative estimate of drug-likeness (QED) is 0.274. The van der Waals surface area contributed by atoms with Crippen molar-refractivity contribution in [3.63, 3.8) is 0 Å². The van der Waals surface area contributed by atoms with E-state index in [-0.39, 0.29) is 5.91 Å². The SMILES string of the molecule is CCCCCCCCCCCCNC(=O)c1ccc(C[N]Cc2cnc(N3CCOCC3)s2)cc1. The predicted molar refractivity (Wildman–Crippen MR) is 145 cm³/mol. The molecule has 0 saturated carbocycles. The Labute approximate surface area is 215 Å². The Morgan fingerprint density at radius 3 is 2.31 bits per heavy atom. The summed E-state index contributed by atoms with van der Waals surface area (Å²) in [5.74, 6) is 0.0183. The number of unbranched alkanes of at least 4 members (excludes halogenated alkanes) is 9. The number of anilines is 1. The molecule has 7 heteroatoms. The van der Waals surface area contributed by atoms with Crippen molar-refractivity contribution in [2.75, 3.05) is 37.7 Å². The molecule has 0 spiro atoms. The number of carbonyl (C=O) groups is 1. The third-order valence-corrected chi connectivity index (χ3v) is 7.46. The first kappa shape index (κ1) is 27.6. The van der Waals surface area contributed by atoms with Gasteiger partial charge in [-0.05, 0) is 24.1 Å². The number of aromatic nitrogens is 1. The molecule has 193 valence electrons. The van der Waals surface area contributed by atoms with Gasteiger partial charge in [-0.15, -0.1) is 11.3 Å². The van der Waals surface area contributed by atoms with E-state index >= 15 is 0 Å². The highest BCUT2D eigenvalue weighted by molar-refractivity contribution is 7.15. The summed E-state index contributed by atoms with van der Waals surface area (Å²) in [6, 6.07) is 7.82. The van der Waals surface area contributed by atoms with Gasteiger partial charge >= 0.3 is 0 Å². The van der Waals surface area contributed by atoms with Crippen LogP contribution in [0.4, 0.5) is 5.13 Å². The van der Waals surface area contributed by atoms with Gasteiger partial charge in [0.2, 0.25) is 0 Å². The highest BCUT2D eigenvalue weighted by Crippen LogP contribution is 2.23. The van der Waals surface area contributed by atoms with Crippen LogP contribution in [0.3, 0.4) is 0 Å². The molecular weight excluding hydrogens is 456 g/mol. The average molecular weight is 500 g/mol. The maximum Gasteiger partial charge on any atom is 0.251 e. The largest absolute Gasteiger partial charge is 0.378 e. The second-order valence-electron chi connectivity index (χ2n) is 9.38. The Morgan fingerprint density at radius 1 is 0.971 bits per heavy atom. The minimum Gasteiger partial charge on any atom is -0.378 e. The summed E-state index contributed by atoms with van der Waals surface area (Å²) >= 11 is 1.71. The van der Waals surface area contributed by atoms with Crippen LogP contribution in [0.1, 0.15) is 91.9 Å². The molecule has 1 aromatic carbocycles. The summed E-state index contributed by atoms with van der Waals surface area (Å²) in [4.78, 5) is 20.4. The summed E-state index contributed by atoms with van der Waals surface area (Å²) in [6.45, 7) is 7.69. The molecule has 0 atom stereocenters. The number of morpholine rings is 1. The zero-order chi connectivity index (χ0) is 24.6. The fourth-order valence-corrected chi connectivity index (χ4v) is 5.16. The highest BCUT2D eigenvalue weighted by Gasteiger charge is 2.14. The van der Waals surface area contributed by atoms with Crippen LogP contribution in [-0.2, 0) is 17.8 Å². The number of amides is 1. The van der Waals surface area contributed by atoms with Crippen LogP contribution in [0, 0.1) is 0 Å². The molecule has 0 aliphatic carbocycles. The lowest BCUT2D eigenvalue weighted by molar-refractivity contribution is 0.0953. The molecule has 1 radical (unpaired) electrons. The Hall–Kier alpha value is -1.96. The van der Waals surface area contributed by atoms with Crippen molar-refractivity contribution >= 4 is 22.4 Å². The van der Waals surface area contributed by atoms with Crippen molar-refractivity contribution in [1.82, 2.24) is 15.6 Å². The molecule has 1 saturated heterocycles. The Morgan fingerprint density at radius 2 is 1.63 bits per heavy atom. The van der Waals surface area contributed by atoms with Gasteiger partial charge in [-0.25, -0.2) is 10.3 Å². The normalized spacial score (nSPS) is 13.8. The summed E-state index contributed by atoms with van der Waals surface area (Å²) < 4.78 is 5.41. The number of thiazole rings is 1. The summed E-state index contributed by atoms with van der Waals surface area (Å²) in [6.07, 6.45) is 15.0. The fourth-order valence-electron chi connectivity index (χ4n) is 4.24. The number of benzene rings is 1. The van der Waals surface area contributed by atoms with E-state index in [1.807, 2.05) is 30.5 Å². The van der Waals surface area contributed by atoms with Crippen LogP contribution in [-0.4, -0.2) is 43.7 Å². The molecule has 1 aliphatic rings. The lowest BCUT2D eigenvalue weighted by Crippen LogP contribution is -2.36. The van der Waals surface area contributed by atoms with E-state index in [1.54, 1.807) is 11.3 Å². The second kappa shape index (κ2) is 16.7. The number of ether oxygens (including phenoxy) is 1. The summed E-state index contributed by atoms with van der Waals surface area (Å²) in [7, 11) is 0. The number of rotatable bonds is 17. The zero-order valence-electron chi connectivity index (χ0n) is 21.5. The van der Waals surface area contributed by atoms with Crippen LogP contribution < -0.4 is 15.5 Å². The van der Waals surface area contributed by atoms with Gasteiger partial charge in [-0.2, -0.15) is 0 Å². The van der Waals surface area contributed by atoms with Crippen molar-refractivity contribution in [2.24, 2.45) is 0 Å². The Bertz CT molecular complexity index is 834. The second-order valence-corrected chi connectivity index (χ2v) is 10.5. The number of carbonyl (C=O) groups excluding carboxylic acids is 1. The van der Waals surface area contributed by atoms with Gasteiger partial charge in [0.15, 0.2) is 5.13 Å². The highest BCUT2D eigenvalue weighted by atomic mass is 32.1. The topological polar surface area (TPSA) is 68.6 Å². The van der Waals surface area contributed by atoms with Gasteiger partial charge in [-0.1, -0.05) is 76.8 Å². The molecular formula is C28H43N4O2S. The first-order valence-electron chi connectivity index (χ1n) is 13.5. The number of nitrogens with zero attached hydrogens (tertiary/aromatic N) is 3. The smallest absolute Gasteiger partial charge is 0.251 e. The van der Waals surface area contributed by atoms with Crippen molar-refractivity contribution in [2.45, 2.75) is 84.2 Å². The first-order chi connectivity index (χ1) is 17.3. The number of hydrogen-bond acceptors (Lipinski definition) is 5. The van der Waals surface area contributed by atoms with E-state index in [1.165, 1.54) is 62.7 Å². The number of hydrogen-bond donors (Lipinski definition) is 1.